The average molecular weight is 485 g/mol. The van der Waals surface area contributed by atoms with Crippen LogP contribution in [0.2, 0.25) is 5.02 Å². The van der Waals surface area contributed by atoms with E-state index in [1.165, 1.54) is 12.1 Å². The minimum atomic E-state index is -4.41. The Balaban J connectivity index is 1.64. The number of pyridine rings is 1. The summed E-state index contributed by atoms with van der Waals surface area (Å²) in [5.74, 6) is 1.26. The van der Waals surface area contributed by atoms with Gasteiger partial charge in [0.2, 0.25) is 5.88 Å². The molecule has 10 heteroatoms. The summed E-state index contributed by atoms with van der Waals surface area (Å²) in [4.78, 5) is 3.66. The molecule has 0 aliphatic carbocycles. The number of rotatable bonds is 11. The van der Waals surface area contributed by atoms with E-state index in [9.17, 15) is 13.2 Å². The summed E-state index contributed by atoms with van der Waals surface area (Å²) in [6.07, 6.45) is 0.137. The van der Waals surface area contributed by atoms with Crippen molar-refractivity contribution in [3.05, 3.63) is 57.7 Å². The Morgan fingerprint density at radius 1 is 0.933 bits per heavy atom. The molecule has 0 amide bonds. The van der Waals surface area contributed by atoms with E-state index in [4.69, 9.17) is 49.0 Å². The number of ether oxygens (including phenoxy) is 3. The molecule has 30 heavy (non-hydrogen) atoms. The van der Waals surface area contributed by atoms with Gasteiger partial charge in [-0.05, 0) is 43.5 Å². The van der Waals surface area contributed by atoms with E-state index in [2.05, 4.69) is 4.98 Å². The maximum absolute atomic E-state index is 12.5. The molecule has 4 nitrogen and oxygen atoms in total. The third-order valence-corrected chi connectivity index (χ3v) is 4.23. The molecule has 0 bridgehead atoms. The Kier molecular flexibility index (Phi) is 9.88. The van der Waals surface area contributed by atoms with Gasteiger partial charge in [0.1, 0.15) is 22.6 Å². The van der Waals surface area contributed by atoms with E-state index in [0.29, 0.717) is 36.2 Å². The number of alkyl halides is 3. The molecule has 0 aliphatic heterocycles. The molecular weight excluding hydrogens is 466 g/mol. The van der Waals surface area contributed by atoms with Crippen molar-refractivity contribution in [3.63, 3.8) is 0 Å². The van der Waals surface area contributed by atoms with Gasteiger partial charge in [0.25, 0.3) is 0 Å². The lowest BCUT2D eigenvalue weighted by molar-refractivity contribution is -0.137. The highest BCUT2D eigenvalue weighted by Gasteiger charge is 2.30. The number of halogens is 6. The van der Waals surface area contributed by atoms with E-state index in [1.54, 1.807) is 18.2 Å². The van der Waals surface area contributed by atoms with Gasteiger partial charge in [0, 0.05) is 23.4 Å². The van der Waals surface area contributed by atoms with Crippen molar-refractivity contribution >= 4 is 34.8 Å². The van der Waals surface area contributed by atoms with Crippen LogP contribution in [0.4, 0.5) is 13.2 Å². The maximum Gasteiger partial charge on any atom is 0.417 e. The van der Waals surface area contributed by atoms with Gasteiger partial charge in [-0.15, -0.1) is 0 Å². The highest BCUT2D eigenvalue weighted by atomic mass is 35.5. The van der Waals surface area contributed by atoms with Gasteiger partial charge in [-0.25, -0.2) is 4.98 Å². The number of nitrogens with zero attached hydrogens (tertiary/aromatic N) is 1. The molecule has 1 aromatic heterocycles. The second kappa shape index (κ2) is 12.1. The minimum absolute atomic E-state index is 0.117. The minimum Gasteiger partial charge on any atom is -0.493 e. The predicted octanol–water partition coefficient (Wildman–Crippen LogP) is 7.08. The second-order valence-electron chi connectivity index (χ2n) is 6.07. The number of hydrogen-bond donors (Lipinski definition) is 0. The van der Waals surface area contributed by atoms with Gasteiger partial charge >= 0.3 is 6.18 Å². The van der Waals surface area contributed by atoms with Crippen LogP contribution in [-0.2, 0) is 6.18 Å². The molecule has 1 heterocycles. The average Bonchev–Trinajstić information content (AvgIpc) is 2.66. The van der Waals surface area contributed by atoms with Crippen LogP contribution in [0.1, 0.15) is 24.8 Å². The zero-order chi connectivity index (χ0) is 22.0. The van der Waals surface area contributed by atoms with Crippen LogP contribution in [0.3, 0.4) is 0 Å². The van der Waals surface area contributed by atoms with Crippen molar-refractivity contribution in [2.45, 2.75) is 25.4 Å². The normalized spacial score (nSPS) is 11.1. The van der Waals surface area contributed by atoms with Gasteiger partial charge in [0.05, 0.1) is 18.8 Å². The second-order valence-corrected chi connectivity index (χ2v) is 7.51. The Morgan fingerprint density at radius 3 is 2.20 bits per heavy atom. The first-order chi connectivity index (χ1) is 14.2. The van der Waals surface area contributed by atoms with Crippen molar-refractivity contribution in [1.29, 1.82) is 0 Å². The first-order valence-electron chi connectivity index (χ1n) is 8.97. The number of benzene rings is 1. The number of aromatic nitrogens is 1. The summed E-state index contributed by atoms with van der Waals surface area (Å²) in [6, 6.07) is 7.19. The largest absolute Gasteiger partial charge is 0.493 e. The smallest absolute Gasteiger partial charge is 0.417 e. The summed E-state index contributed by atoms with van der Waals surface area (Å²) in [5.41, 5.74) is -0.805. The van der Waals surface area contributed by atoms with Gasteiger partial charge in [-0.1, -0.05) is 34.8 Å². The summed E-state index contributed by atoms with van der Waals surface area (Å²) in [7, 11) is 0. The van der Waals surface area contributed by atoms with Crippen LogP contribution >= 0.6 is 34.8 Å². The SMILES string of the molecule is FC(F)(F)c1ccc(OCCCCCOc2cc(Cl)cc(OCC=C(Cl)Cl)c2)nc1. The molecule has 0 saturated heterocycles. The fraction of sp³-hybridized carbons (Fsp3) is 0.350. The quantitative estimate of drug-likeness (QED) is 0.320. The van der Waals surface area contributed by atoms with E-state index in [0.717, 1.165) is 25.1 Å². The molecule has 2 aromatic rings. The summed E-state index contributed by atoms with van der Waals surface area (Å²) >= 11 is 17.1. The van der Waals surface area contributed by atoms with Crippen molar-refractivity contribution in [2.24, 2.45) is 0 Å². The molecule has 0 saturated carbocycles. The van der Waals surface area contributed by atoms with Gasteiger partial charge in [-0.2, -0.15) is 13.2 Å². The third kappa shape index (κ3) is 9.32. The van der Waals surface area contributed by atoms with Gasteiger partial charge in [0.15, 0.2) is 0 Å². The molecule has 0 fully saturated rings. The molecule has 2 rings (SSSR count). The molecule has 0 spiro atoms. The Hall–Kier alpha value is -1.83. The van der Waals surface area contributed by atoms with Gasteiger partial charge < -0.3 is 14.2 Å². The molecule has 0 unspecified atom stereocenters. The Bertz CT molecular complexity index is 826. The van der Waals surface area contributed by atoms with E-state index in [-0.39, 0.29) is 17.0 Å². The predicted molar refractivity (Wildman–Crippen MR) is 111 cm³/mol. The summed E-state index contributed by atoms with van der Waals surface area (Å²) < 4.78 is 54.0. The molecule has 0 aliphatic rings. The monoisotopic (exact) mass is 483 g/mol. The fourth-order valence-electron chi connectivity index (χ4n) is 2.29. The molecule has 1 aromatic carbocycles. The van der Waals surface area contributed by atoms with E-state index >= 15 is 0 Å². The van der Waals surface area contributed by atoms with Crippen LogP contribution < -0.4 is 14.2 Å². The fourth-order valence-corrected chi connectivity index (χ4v) is 2.63. The molecular formula is C20H19Cl3F3NO3. The Labute approximate surface area is 187 Å². The van der Waals surface area contributed by atoms with E-state index in [1.807, 2.05) is 0 Å². The maximum atomic E-state index is 12.5. The number of unbranched alkanes of at least 4 members (excludes halogenated alkanes) is 2. The summed E-state index contributed by atoms with van der Waals surface area (Å²) in [6.45, 7) is 1.02. The van der Waals surface area contributed by atoms with Crippen LogP contribution in [0.15, 0.2) is 47.1 Å². The standard InChI is InChI=1S/C20H19Cl3F3NO3/c21-15-10-16(12-17(11-15)29-9-6-18(22)23)28-7-2-1-3-8-30-19-5-4-14(13-27-19)20(24,25)26/h4-6,10-13H,1-3,7-9H2. The van der Waals surface area contributed by atoms with Gasteiger partial charge in [-0.3, -0.25) is 0 Å². The van der Waals surface area contributed by atoms with Crippen molar-refractivity contribution in [3.8, 4) is 17.4 Å². The lowest BCUT2D eigenvalue weighted by atomic mass is 10.2. The highest BCUT2D eigenvalue weighted by Crippen LogP contribution is 2.29. The molecule has 164 valence electrons. The third-order valence-electron chi connectivity index (χ3n) is 3.70. The molecule has 0 N–H and O–H groups in total. The zero-order valence-corrected chi connectivity index (χ0v) is 18.0. The first kappa shape index (κ1) is 24.4. The topological polar surface area (TPSA) is 40.6 Å². The van der Waals surface area contributed by atoms with E-state index < -0.39 is 11.7 Å². The highest BCUT2D eigenvalue weighted by molar-refractivity contribution is 6.55. The Morgan fingerprint density at radius 2 is 1.60 bits per heavy atom. The van der Waals surface area contributed by atoms with Crippen molar-refractivity contribution in [1.82, 2.24) is 4.98 Å². The lowest BCUT2D eigenvalue weighted by Gasteiger charge is -2.10. The first-order valence-corrected chi connectivity index (χ1v) is 10.1. The number of hydrogen-bond acceptors (Lipinski definition) is 4. The lowest BCUT2D eigenvalue weighted by Crippen LogP contribution is -2.06. The zero-order valence-electron chi connectivity index (χ0n) is 15.7. The van der Waals surface area contributed by atoms with Crippen LogP contribution in [0.5, 0.6) is 17.4 Å². The summed E-state index contributed by atoms with van der Waals surface area (Å²) in [5, 5.41) is 0.473. The van der Waals surface area contributed by atoms with Crippen LogP contribution in [-0.4, -0.2) is 24.8 Å². The van der Waals surface area contributed by atoms with Crippen molar-refractivity contribution in [2.75, 3.05) is 19.8 Å². The van der Waals surface area contributed by atoms with Crippen LogP contribution in [0.25, 0.3) is 0 Å². The van der Waals surface area contributed by atoms with Crippen molar-refractivity contribution < 1.29 is 27.4 Å². The molecule has 0 radical (unpaired) electrons. The molecule has 0 atom stereocenters. The van der Waals surface area contributed by atoms with Crippen LogP contribution in [0, 0.1) is 0 Å².